The first kappa shape index (κ1) is 9.97. The lowest BCUT2D eigenvalue weighted by Crippen LogP contribution is -2.03. The SMILES string of the molecule is CO/C(=N\O)c1ccc([N+](=O)[O-])cc1. The van der Waals surface area contributed by atoms with Crippen LogP contribution in [0.2, 0.25) is 0 Å². The number of nitro groups is 1. The second-order valence-electron chi connectivity index (χ2n) is 2.41. The van der Waals surface area contributed by atoms with Crippen molar-refractivity contribution in [3.8, 4) is 0 Å². The molecule has 0 unspecified atom stereocenters. The highest BCUT2D eigenvalue weighted by molar-refractivity contribution is 5.93. The van der Waals surface area contributed by atoms with E-state index in [4.69, 9.17) is 9.94 Å². The Morgan fingerprint density at radius 2 is 2.07 bits per heavy atom. The number of hydrogen-bond acceptors (Lipinski definition) is 5. The number of oxime groups is 1. The van der Waals surface area contributed by atoms with E-state index in [0.717, 1.165) is 0 Å². The number of benzene rings is 1. The summed E-state index contributed by atoms with van der Waals surface area (Å²) in [4.78, 5) is 9.81. The van der Waals surface area contributed by atoms with Crippen LogP contribution in [-0.4, -0.2) is 23.1 Å². The van der Waals surface area contributed by atoms with Gasteiger partial charge in [0, 0.05) is 17.7 Å². The average Bonchev–Trinajstić information content (AvgIpc) is 2.20. The highest BCUT2D eigenvalue weighted by Crippen LogP contribution is 2.12. The van der Waals surface area contributed by atoms with Gasteiger partial charge in [0.05, 0.1) is 12.0 Å². The van der Waals surface area contributed by atoms with Crippen molar-refractivity contribution in [2.24, 2.45) is 5.16 Å². The van der Waals surface area contributed by atoms with Gasteiger partial charge in [-0.25, -0.2) is 0 Å². The largest absolute Gasteiger partial charge is 0.479 e. The maximum atomic E-state index is 10.3. The maximum Gasteiger partial charge on any atom is 0.269 e. The Hall–Kier alpha value is -2.11. The Bertz CT molecular complexity index is 358. The summed E-state index contributed by atoms with van der Waals surface area (Å²) in [5, 5.41) is 21.7. The topological polar surface area (TPSA) is 85.0 Å². The van der Waals surface area contributed by atoms with Crippen molar-refractivity contribution in [1.29, 1.82) is 0 Å². The number of methoxy groups -OCH3 is 1. The molecule has 1 N–H and O–H groups in total. The van der Waals surface area contributed by atoms with Crippen LogP contribution in [-0.2, 0) is 4.74 Å². The molecule has 0 saturated carbocycles. The number of nitrogens with zero attached hydrogens (tertiary/aromatic N) is 2. The van der Waals surface area contributed by atoms with Gasteiger partial charge in [-0.05, 0) is 17.3 Å². The van der Waals surface area contributed by atoms with Crippen LogP contribution in [0.4, 0.5) is 5.69 Å². The van der Waals surface area contributed by atoms with E-state index in [0.29, 0.717) is 5.56 Å². The minimum atomic E-state index is -0.508. The van der Waals surface area contributed by atoms with E-state index in [-0.39, 0.29) is 11.6 Å². The van der Waals surface area contributed by atoms with Gasteiger partial charge in [0.1, 0.15) is 0 Å². The molecular formula is C8H8N2O4. The van der Waals surface area contributed by atoms with Crippen molar-refractivity contribution in [3.63, 3.8) is 0 Å². The minimum Gasteiger partial charge on any atom is -0.479 e. The predicted molar refractivity (Wildman–Crippen MR) is 48.4 cm³/mol. The summed E-state index contributed by atoms with van der Waals surface area (Å²) < 4.78 is 4.72. The third-order valence-electron chi connectivity index (χ3n) is 1.61. The molecule has 74 valence electrons. The van der Waals surface area contributed by atoms with Gasteiger partial charge in [0.2, 0.25) is 0 Å². The number of hydrogen-bond donors (Lipinski definition) is 1. The Labute approximate surface area is 79.6 Å². The first-order valence-corrected chi connectivity index (χ1v) is 3.70. The van der Waals surface area contributed by atoms with Gasteiger partial charge in [-0.15, -0.1) is 0 Å². The second kappa shape index (κ2) is 4.22. The molecule has 0 aliphatic rings. The van der Waals surface area contributed by atoms with E-state index < -0.39 is 4.92 Å². The smallest absolute Gasteiger partial charge is 0.269 e. The molecule has 1 aromatic carbocycles. The fourth-order valence-corrected chi connectivity index (χ4v) is 0.942. The van der Waals surface area contributed by atoms with Crippen LogP contribution >= 0.6 is 0 Å². The van der Waals surface area contributed by atoms with Crippen molar-refractivity contribution in [3.05, 3.63) is 39.9 Å². The highest BCUT2D eigenvalue weighted by Gasteiger charge is 2.07. The van der Waals surface area contributed by atoms with Crippen molar-refractivity contribution in [2.45, 2.75) is 0 Å². The van der Waals surface area contributed by atoms with Gasteiger partial charge in [0.25, 0.3) is 11.6 Å². The molecule has 0 aliphatic heterocycles. The molecule has 1 aromatic rings. The van der Waals surface area contributed by atoms with E-state index >= 15 is 0 Å². The third-order valence-corrected chi connectivity index (χ3v) is 1.61. The summed E-state index contributed by atoms with van der Waals surface area (Å²) in [6.07, 6.45) is 0. The van der Waals surface area contributed by atoms with E-state index in [1.54, 1.807) is 0 Å². The molecule has 0 spiro atoms. The monoisotopic (exact) mass is 196 g/mol. The lowest BCUT2D eigenvalue weighted by Gasteiger charge is -2.01. The first-order chi connectivity index (χ1) is 6.69. The van der Waals surface area contributed by atoms with Crippen LogP contribution in [0.1, 0.15) is 5.56 Å². The molecular weight excluding hydrogens is 188 g/mol. The Morgan fingerprint density at radius 3 is 2.43 bits per heavy atom. The van der Waals surface area contributed by atoms with Gasteiger partial charge in [0.15, 0.2) is 0 Å². The summed E-state index contributed by atoms with van der Waals surface area (Å²) in [7, 11) is 1.34. The summed E-state index contributed by atoms with van der Waals surface area (Å²) in [5.74, 6) is 0.0138. The molecule has 0 amide bonds. The number of nitro benzene ring substituents is 1. The van der Waals surface area contributed by atoms with Gasteiger partial charge in [-0.1, -0.05) is 0 Å². The molecule has 0 fully saturated rings. The van der Waals surface area contributed by atoms with E-state index in [9.17, 15) is 10.1 Å². The molecule has 14 heavy (non-hydrogen) atoms. The number of ether oxygens (including phenoxy) is 1. The zero-order valence-electron chi connectivity index (χ0n) is 7.38. The summed E-state index contributed by atoms with van der Waals surface area (Å²) in [6.45, 7) is 0. The first-order valence-electron chi connectivity index (χ1n) is 3.70. The van der Waals surface area contributed by atoms with E-state index in [1.165, 1.54) is 31.4 Å². The summed E-state index contributed by atoms with van der Waals surface area (Å²) in [5.41, 5.74) is 0.447. The molecule has 1 rings (SSSR count). The van der Waals surface area contributed by atoms with Crippen molar-refractivity contribution in [2.75, 3.05) is 7.11 Å². The highest BCUT2D eigenvalue weighted by atomic mass is 16.6. The third kappa shape index (κ3) is 1.98. The predicted octanol–water partition coefficient (Wildman–Crippen LogP) is 1.38. The molecule has 6 heteroatoms. The fourth-order valence-electron chi connectivity index (χ4n) is 0.942. The molecule has 0 bridgehead atoms. The summed E-state index contributed by atoms with van der Waals surface area (Å²) in [6, 6.07) is 5.49. The van der Waals surface area contributed by atoms with Crippen LogP contribution in [0.3, 0.4) is 0 Å². The van der Waals surface area contributed by atoms with Crippen LogP contribution in [0, 0.1) is 10.1 Å². The molecule has 0 aromatic heterocycles. The molecule has 0 aliphatic carbocycles. The van der Waals surface area contributed by atoms with Gasteiger partial charge >= 0.3 is 0 Å². The zero-order valence-corrected chi connectivity index (χ0v) is 7.38. The zero-order chi connectivity index (χ0) is 10.6. The fraction of sp³-hybridized carbons (Fsp3) is 0.125. The molecule has 0 radical (unpaired) electrons. The number of rotatable bonds is 2. The second-order valence-corrected chi connectivity index (χ2v) is 2.41. The lowest BCUT2D eigenvalue weighted by molar-refractivity contribution is -0.384. The molecule has 0 saturated heterocycles. The molecule has 0 heterocycles. The maximum absolute atomic E-state index is 10.3. The minimum absolute atomic E-state index is 0.0138. The van der Waals surface area contributed by atoms with Gasteiger partial charge < -0.3 is 9.94 Å². The van der Waals surface area contributed by atoms with Crippen LogP contribution < -0.4 is 0 Å². The van der Waals surface area contributed by atoms with Crippen molar-refractivity contribution in [1.82, 2.24) is 0 Å². The van der Waals surface area contributed by atoms with Crippen molar-refractivity contribution >= 4 is 11.6 Å². The Balaban J connectivity index is 2.99. The van der Waals surface area contributed by atoms with Crippen LogP contribution in [0.25, 0.3) is 0 Å². The Kier molecular flexibility index (Phi) is 3.01. The number of non-ortho nitro benzene ring substituents is 1. The van der Waals surface area contributed by atoms with E-state index in [1.807, 2.05) is 0 Å². The quantitative estimate of drug-likeness (QED) is 0.254. The standard InChI is InChI=1S/C8H8N2O4/c1-14-8(9-11)6-2-4-7(5-3-6)10(12)13/h2-5,11H,1H3/b9-8-. The summed E-state index contributed by atoms with van der Waals surface area (Å²) >= 11 is 0. The lowest BCUT2D eigenvalue weighted by atomic mass is 10.2. The van der Waals surface area contributed by atoms with Crippen LogP contribution in [0.5, 0.6) is 0 Å². The molecule has 0 atom stereocenters. The van der Waals surface area contributed by atoms with Gasteiger partial charge in [-0.2, -0.15) is 0 Å². The average molecular weight is 196 g/mol. The molecule has 6 nitrogen and oxygen atoms in total. The van der Waals surface area contributed by atoms with E-state index in [2.05, 4.69) is 5.16 Å². The van der Waals surface area contributed by atoms with Gasteiger partial charge in [-0.3, -0.25) is 10.1 Å². The van der Waals surface area contributed by atoms with Crippen LogP contribution in [0.15, 0.2) is 29.4 Å². The normalized spacial score (nSPS) is 11.1. The Morgan fingerprint density at radius 1 is 1.50 bits per heavy atom. The van der Waals surface area contributed by atoms with Crippen molar-refractivity contribution < 1.29 is 14.9 Å².